The van der Waals surface area contributed by atoms with Crippen LogP contribution < -0.4 is 5.32 Å². The minimum Gasteiger partial charge on any atom is -0.469 e. The van der Waals surface area contributed by atoms with Crippen molar-refractivity contribution in [3.05, 3.63) is 64.4 Å². The Hall–Kier alpha value is -2.73. The molecule has 0 spiro atoms. The second-order valence-electron chi connectivity index (χ2n) is 7.52. The number of aliphatic imine (C=N–C) groups is 2. The molecule has 0 unspecified atom stereocenters. The lowest BCUT2D eigenvalue weighted by molar-refractivity contribution is -0.140. The van der Waals surface area contributed by atoms with Crippen LogP contribution >= 0.6 is 11.6 Å². The maximum absolute atomic E-state index is 14.7. The van der Waals surface area contributed by atoms with Gasteiger partial charge in [0, 0.05) is 34.8 Å². The van der Waals surface area contributed by atoms with Gasteiger partial charge in [0.15, 0.2) is 0 Å². The number of halogens is 2. The molecule has 5 nitrogen and oxygen atoms in total. The van der Waals surface area contributed by atoms with Gasteiger partial charge in [-0.25, -0.2) is 4.39 Å². The summed E-state index contributed by atoms with van der Waals surface area (Å²) in [7, 11) is 1.35. The normalized spacial score (nSPS) is 17.2. The molecule has 30 heavy (non-hydrogen) atoms. The molecule has 0 radical (unpaired) electrons. The zero-order chi connectivity index (χ0) is 21.7. The first-order valence-corrected chi connectivity index (χ1v) is 10.3. The second kappa shape index (κ2) is 9.85. The van der Waals surface area contributed by atoms with Crippen molar-refractivity contribution in [3.8, 4) is 0 Å². The number of esters is 1. The van der Waals surface area contributed by atoms with Crippen LogP contribution in [0.25, 0.3) is 0 Å². The predicted molar refractivity (Wildman–Crippen MR) is 119 cm³/mol. The molecule has 0 aromatic heterocycles. The minimum atomic E-state index is -0.455. The van der Waals surface area contributed by atoms with E-state index in [0.29, 0.717) is 46.6 Å². The van der Waals surface area contributed by atoms with E-state index < -0.39 is 6.04 Å². The topological polar surface area (TPSA) is 63.0 Å². The number of benzodiazepines with no additional fused rings is 1. The van der Waals surface area contributed by atoms with Gasteiger partial charge >= 0.3 is 5.97 Å². The molecule has 1 heterocycles. The number of benzene rings is 2. The van der Waals surface area contributed by atoms with Crippen molar-refractivity contribution >= 4 is 34.8 Å². The Balaban J connectivity index is 2.15. The van der Waals surface area contributed by atoms with Crippen LogP contribution in [0.1, 0.15) is 37.8 Å². The predicted octanol–water partition coefficient (Wildman–Crippen LogP) is 5.12. The van der Waals surface area contributed by atoms with E-state index in [0.717, 1.165) is 5.69 Å². The molecule has 0 amide bonds. The van der Waals surface area contributed by atoms with E-state index in [1.807, 2.05) is 6.07 Å². The Morgan fingerprint density at radius 2 is 2.03 bits per heavy atom. The first-order valence-electron chi connectivity index (χ1n) is 9.89. The van der Waals surface area contributed by atoms with Gasteiger partial charge in [0.1, 0.15) is 17.7 Å². The standard InChI is InChI=1S/C23H25ClFN3O2/c1-14(2)13-26-23-20(10-11-21(29)30-3)27-22(16-6-4-5-7-18(16)25)17-12-15(24)8-9-19(17)28-23/h4-9,12,14,20H,10-11,13H2,1-3H3,(H,26,28)/t20-/m0/s1. The number of methoxy groups -OCH3 is 1. The average Bonchev–Trinajstić information content (AvgIpc) is 2.87. The SMILES string of the molecule is COC(=O)CC[C@@H]1N=C(c2ccccc2F)c2cc(Cl)ccc2NC1=NCC(C)C. The van der Waals surface area contributed by atoms with E-state index in [-0.39, 0.29) is 18.2 Å². The van der Waals surface area contributed by atoms with Crippen molar-refractivity contribution in [3.63, 3.8) is 0 Å². The number of ether oxygens (including phenoxy) is 1. The van der Waals surface area contributed by atoms with Gasteiger partial charge in [-0.1, -0.05) is 37.6 Å². The molecular weight excluding hydrogens is 405 g/mol. The monoisotopic (exact) mass is 429 g/mol. The van der Waals surface area contributed by atoms with Crippen LogP contribution in [-0.2, 0) is 9.53 Å². The number of hydrogen-bond donors (Lipinski definition) is 1. The minimum absolute atomic E-state index is 0.175. The van der Waals surface area contributed by atoms with E-state index in [2.05, 4.69) is 19.2 Å². The molecule has 1 aliphatic rings. The third-order valence-corrected chi connectivity index (χ3v) is 4.94. The molecular formula is C23H25ClFN3O2. The van der Waals surface area contributed by atoms with Gasteiger partial charge in [-0.3, -0.25) is 14.8 Å². The van der Waals surface area contributed by atoms with Gasteiger partial charge in [-0.05, 0) is 42.7 Å². The summed E-state index contributed by atoms with van der Waals surface area (Å²) in [5, 5.41) is 3.88. The van der Waals surface area contributed by atoms with Crippen LogP contribution in [0.2, 0.25) is 5.02 Å². The number of hydrogen-bond acceptors (Lipinski definition) is 4. The maximum Gasteiger partial charge on any atom is 0.305 e. The van der Waals surface area contributed by atoms with E-state index in [4.69, 9.17) is 26.3 Å². The fourth-order valence-electron chi connectivity index (χ4n) is 3.18. The van der Waals surface area contributed by atoms with Crippen molar-refractivity contribution in [1.82, 2.24) is 0 Å². The Kier molecular flexibility index (Phi) is 7.21. The average molecular weight is 430 g/mol. The molecule has 0 bridgehead atoms. The molecule has 0 saturated heterocycles. The van der Waals surface area contributed by atoms with Gasteiger partial charge in [0.05, 0.1) is 12.8 Å². The molecule has 2 aromatic carbocycles. The van der Waals surface area contributed by atoms with Crippen molar-refractivity contribution in [2.75, 3.05) is 19.0 Å². The number of rotatable bonds is 6. The highest BCUT2D eigenvalue weighted by Gasteiger charge is 2.26. The van der Waals surface area contributed by atoms with Crippen molar-refractivity contribution in [1.29, 1.82) is 0 Å². The van der Waals surface area contributed by atoms with Crippen LogP contribution in [-0.4, -0.2) is 37.2 Å². The summed E-state index contributed by atoms with van der Waals surface area (Å²) in [4.78, 5) is 21.4. The van der Waals surface area contributed by atoms with E-state index >= 15 is 0 Å². The van der Waals surface area contributed by atoms with Gasteiger partial charge < -0.3 is 10.1 Å². The van der Waals surface area contributed by atoms with Crippen molar-refractivity contribution < 1.29 is 13.9 Å². The fourth-order valence-corrected chi connectivity index (χ4v) is 3.35. The summed E-state index contributed by atoms with van der Waals surface area (Å²) in [6.07, 6.45) is 0.560. The number of nitrogens with one attached hydrogen (secondary N) is 1. The summed E-state index contributed by atoms with van der Waals surface area (Å²) < 4.78 is 19.5. The number of carbonyl (C=O) groups is 1. The van der Waals surface area contributed by atoms with Gasteiger partial charge in [-0.15, -0.1) is 0 Å². The highest BCUT2D eigenvalue weighted by molar-refractivity contribution is 6.32. The number of amidine groups is 1. The lowest BCUT2D eigenvalue weighted by atomic mass is 10.00. The summed E-state index contributed by atoms with van der Waals surface area (Å²) >= 11 is 6.25. The summed E-state index contributed by atoms with van der Waals surface area (Å²) in [5.41, 5.74) is 2.27. The smallest absolute Gasteiger partial charge is 0.305 e. The highest BCUT2D eigenvalue weighted by Crippen LogP contribution is 2.29. The molecule has 3 rings (SSSR count). The molecule has 0 aliphatic carbocycles. The third kappa shape index (κ3) is 5.25. The first-order chi connectivity index (χ1) is 14.4. The van der Waals surface area contributed by atoms with Crippen LogP contribution in [0.15, 0.2) is 52.4 Å². The number of nitrogens with zero attached hydrogens (tertiary/aromatic N) is 2. The number of carbonyl (C=O) groups excluding carboxylic acids is 1. The number of fused-ring (bicyclic) bond motifs is 1. The molecule has 0 saturated carbocycles. The van der Waals surface area contributed by atoms with Crippen LogP contribution in [0, 0.1) is 11.7 Å². The zero-order valence-electron chi connectivity index (χ0n) is 17.3. The molecule has 1 N–H and O–H groups in total. The van der Waals surface area contributed by atoms with E-state index in [1.54, 1.807) is 30.3 Å². The van der Waals surface area contributed by atoms with Crippen molar-refractivity contribution in [2.45, 2.75) is 32.7 Å². The largest absolute Gasteiger partial charge is 0.469 e. The third-order valence-electron chi connectivity index (χ3n) is 4.71. The molecule has 1 atom stereocenters. The Labute approximate surface area is 181 Å². The fraction of sp³-hybridized carbons (Fsp3) is 0.348. The van der Waals surface area contributed by atoms with Crippen LogP contribution in [0.3, 0.4) is 0 Å². The highest BCUT2D eigenvalue weighted by atomic mass is 35.5. The zero-order valence-corrected chi connectivity index (χ0v) is 18.0. The first kappa shape index (κ1) is 22.0. The van der Waals surface area contributed by atoms with E-state index in [9.17, 15) is 9.18 Å². The molecule has 0 fully saturated rings. The molecule has 2 aromatic rings. The van der Waals surface area contributed by atoms with Crippen LogP contribution in [0.5, 0.6) is 0 Å². The van der Waals surface area contributed by atoms with E-state index in [1.165, 1.54) is 13.2 Å². The quantitative estimate of drug-likeness (QED) is 0.648. The summed E-state index contributed by atoms with van der Waals surface area (Å²) in [5.74, 6) is 0.285. The molecule has 7 heteroatoms. The Morgan fingerprint density at radius 3 is 2.73 bits per heavy atom. The Bertz CT molecular complexity index is 988. The maximum atomic E-state index is 14.7. The second-order valence-corrected chi connectivity index (χ2v) is 7.96. The molecule has 158 valence electrons. The van der Waals surface area contributed by atoms with Crippen LogP contribution in [0.4, 0.5) is 10.1 Å². The lowest BCUT2D eigenvalue weighted by Gasteiger charge is -2.16. The summed E-state index contributed by atoms with van der Waals surface area (Å²) in [6.45, 7) is 4.75. The van der Waals surface area contributed by atoms with Gasteiger partial charge in [-0.2, -0.15) is 0 Å². The summed E-state index contributed by atoms with van der Waals surface area (Å²) in [6, 6.07) is 11.4. The van der Waals surface area contributed by atoms with Gasteiger partial charge in [0.25, 0.3) is 0 Å². The number of anilines is 1. The van der Waals surface area contributed by atoms with Gasteiger partial charge in [0.2, 0.25) is 0 Å². The lowest BCUT2D eigenvalue weighted by Crippen LogP contribution is -2.28. The Morgan fingerprint density at radius 1 is 1.27 bits per heavy atom. The molecule has 1 aliphatic heterocycles. The van der Waals surface area contributed by atoms with Crippen molar-refractivity contribution in [2.24, 2.45) is 15.9 Å².